The Bertz CT molecular complexity index is 734. The summed E-state index contributed by atoms with van der Waals surface area (Å²) in [5, 5.41) is 0. The Balaban J connectivity index is 2.19. The molecule has 0 fully saturated rings. The molecular weight excluding hydrogens is 310 g/mol. The first kappa shape index (κ1) is 15.8. The second-order valence-corrected chi connectivity index (χ2v) is 5.77. The standard InChI is InChI=1S/C10H12FN2O7P/c1-5-3-13(10(15)12-8(5)14)9-6(11)2-7(20-9)19-4-21(16,17)18/h2-3,7,9H,4H2,1H3,(H,12,14,15)(H2,16,17,18)/p-2/t7-,9+/m0/s1. The van der Waals surface area contributed by atoms with Gasteiger partial charge in [0.1, 0.15) is 0 Å². The molecule has 0 aromatic carbocycles. The molecule has 1 N–H and O–H groups in total. The molecule has 0 saturated heterocycles. The Morgan fingerprint density at radius 3 is 2.81 bits per heavy atom. The van der Waals surface area contributed by atoms with E-state index in [-0.39, 0.29) is 5.56 Å². The molecule has 0 spiro atoms. The van der Waals surface area contributed by atoms with E-state index in [1.54, 1.807) is 0 Å². The normalized spacial score (nSPS) is 22.4. The molecule has 0 radical (unpaired) electrons. The van der Waals surface area contributed by atoms with Crippen LogP contribution in [0, 0.1) is 6.92 Å². The third-order valence-corrected chi connectivity index (χ3v) is 3.05. The zero-order valence-electron chi connectivity index (χ0n) is 10.6. The van der Waals surface area contributed by atoms with E-state index in [0.717, 1.165) is 16.8 Å². The van der Waals surface area contributed by atoms with Gasteiger partial charge in [0.15, 0.2) is 18.3 Å². The number of halogens is 1. The summed E-state index contributed by atoms with van der Waals surface area (Å²) in [6.07, 6.45) is -2.23. The Hall–Kier alpha value is -1.58. The van der Waals surface area contributed by atoms with Gasteiger partial charge in [-0.3, -0.25) is 14.3 Å². The molecule has 2 atom stereocenters. The fraction of sp³-hybridized carbons (Fsp3) is 0.400. The molecule has 0 bridgehead atoms. The summed E-state index contributed by atoms with van der Waals surface area (Å²) in [7, 11) is -4.92. The summed E-state index contributed by atoms with van der Waals surface area (Å²) < 4.78 is 34.5. The smallest absolute Gasteiger partial charge is 0.330 e. The molecule has 1 aromatic heterocycles. The predicted molar refractivity (Wildman–Crippen MR) is 62.7 cm³/mol. The van der Waals surface area contributed by atoms with Gasteiger partial charge in [0, 0.05) is 17.8 Å². The molecule has 0 saturated carbocycles. The van der Waals surface area contributed by atoms with E-state index in [1.165, 1.54) is 6.92 Å². The van der Waals surface area contributed by atoms with Crippen LogP contribution in [0.4, 0.5) is 4.39 Å². The van der Waals surface area contributed by atoms with Gasteiger partial charge in [0.05, 0.1) is 6.35 Å². The zero-order chi connectivity index (χ0) is 15.8. The summed E-state index contributed by atoms with van der Waals surface area (Å²) in [6, 6.07) is 0. The third-order valence-electron chi connectivity index (χ3n) is 2.59. The maximum atomic E-state index is 13.7. The first-order chi connectivity index (χ1) is 9.67. The number of aromatic amines is 1. The van der Waals surface area contributed by atoms with Gasteiger partial charge in [-0.05, 0) is 14.5 Å². The van der Waals surface area contributed by atoms with Crippen molar-refractivity contribution in [2.75, 3.05) is 6.35 Å². The van der Waals surface area contributed by atoms with E-state index < -0.39 is 43.5 Å². The predicted octanol–water partition coefficient (Wildman–Crippen LogP) is -1.56. The van der Waals surface area contributed by atoms with Gasteiger partial charge in [-0.2, -0.15) is 0 Å². The highest BCUT2D eigenvalue weighted by molar-refractivity contribution is 7.48. The largest absolute Gasteiger partial charge is 0.809 e. The number of nitrogens with one attached hydrogen (secondary N) is 1. The average molecular weight is 320 g/mol. The van der Waals surface area contributed by atoms with Crippen LogP contribution in [0.2, 0.25) is 0 Å². The van der Waals surface area contributed by atoms with Crippen molar-refractivity contribution in [1.82, 2.24) is 9.55 Å². The maximum absolute atomic E-state index is 13.7. The lowest BCUT2D eigenvalue weighted by atomic mass is 10.3. The number of hydrogen-bond acceptors (Lipinski definition) is 7. The van der Waals surface area contributed by atoms with Gasteiger partial charge in [-0.1, -0.05) is 0 Å². The van der Waals surface area contributed by atoms with Crippen LogP contribution in [0.5, 0.6) is 0 Å². The minimum atomic E-state index is -4.92. The Morgan fingerprint density at radius 1 is 1.52 bits per heavy atom. The highest BCUT2D eigenvalue weighted by Crippen LogP contribution is 2.31. The van der Waals surface area contributed by atoms with E-state index in [0.29, 0.717) is 0 Å². The summed E-state index contributed by atoms with van der Waals surface area (Å²) in [4.78, 5) is 45.7. The van der Waals surface area contributed by atoms with Crippen molar-refractivity contribution in [3.63, 3.8) is 0 Å². The number of rotatable bonds is 4. The maximum Gasteiger partial charge on any atom is 0.330 e. The molecular formula is C10H10FN2O7P-2. The van der Waals surface area contributed by atoms with Crippen LogP contribution >= 0.6 is 7.60 Å². The van der Waals surface area contributed by atoms with Gasteiger partial charge >= 0.3 is 5.69 Å². The van der Waals surface area contributed by atoms with Crippen LogP contribution in [0.3, 0.4) is 0 Å². The van der Waals surface area contributed by atoms with Crippen LogP contribution in [0.1, 0.15) is 11.8 Å². The number of ether oxygens (including phenoxy) is 2. The number of aromatic nitrogens is 2. The van der Waals surface area contributed by atoms with Crippen LogP contribution in [-0.4, -0.2) is 22.2 Å². The third kappa shape index (κ3) is 3.74. The van der Waals surface area contributed by atoms with Crippen molar-refractivity contribution in [2.24, 2.45) is 0 Å². The average Bonchev–Trinajstić information content (AvgIpc) is 2.72. The second kappa shape index (κ2) is 5.66. The van der Waals surface area contributed by atoms with Crippen molar-refractivity contribution >= 4 is 7.60 Å². The number of H-pyrrole nitrogens is 1. The molecule has 1 aliphatic heterocycles. The van der Waals surface area contributed by atoms with E-state index >= 15 is 0 Å². The molecule has 0 amide bonds. The van der Waals surface area contributed by atoms with Crippen LogP contribution < -0.4 is 21.0 Å². The minimum Gasteiger partial charge on any atom is -0.809 e. The lowest BCUT2D eigenvalue weighted by Crippen LogP contribution is -2.34. The molecule has 0 unspecified atom stereocenters. The van der Waals surface area contributed by atoms with E-state index in [1.807, 2.05) is 4.98 Å². The summed E-state index contributed by atoms with van der Waals surface area (Å²) in [6.45, 7) is 1.41. The molecule has 116 valence electrons. The monoisotopic (exact) mass is 320 g/mol. The highest BCUT2D eigenvalue weighted by Gasteiger charge is 2.30. The minimum absolute atomic E-state index is 0.152. The van der Waals surface area contributed by atoms with Gasteiger partial charge in [0.25, 0.3) is 5.56 Å². The molecule has 1 aliphatic rings. The number of nitrogens with zero attached hydrogens (tertiary/aromatic N) is 1. The molecule has 1 aromatic rings. The Morgan fingerprint density at radius 2 is 2.19 bits per heavy atom. The van der Waals surface area contributed by atoms with Crippen LogP contribution in [0.25, 0.3) is 0 Å². The summed E-state index contributed by atoms with van der Waals surface area (Å²) in [5.41, 5.74) is -1.37. The summed E-state index contributed by atoms with van der Waals surface area (Å²) in [5.74, 6) is -0.917. The number of aryl methyl sites for hydroxylation is 1. The second-order valence-electron chi connectivity index (χ2n) is 4.29. The highest BCUT2D eigenvalue weighted by atomic mass is 31.2. The topological polar surface area (TPSA) is 137 Å². The first-order valence-corrected chi connectivity index (χ1v) is 7.37. The van der Waals surface area contributed by atoms with E-state index in [9.17, 15) is 28.3 Å². The lowest BCUT2D eigenvalue weighted by Gasteiger charge is -2.29. The van der Waals surface area contributed by atoms with Gasteiger partial charge in [-0.15, -0.1) is 0 Å². The molecule has 2 rings (SSSR count). The fourth-order valence-electron chi connectivity index (χ4n) is 1.65. The van der Waals surface area contributed by atoms with Crippen molar-refractivity contribution in [1.29, 1.82) is 0 Å². The fourth-order valence-corrected chi connectivity index (χ4v) is 1.98. The molecule has 9 nitrogen and oxygen atoms in total. The first-order valence-electron chi connectivity index (χ1n) is 5.65. The molecule has 2 heterocycles. The van der Waals surface area contributed by atoms with Crippen LogP contribution in [-0.2, 0) is 14.0 Å². The SMILES string of the molecule is Cc1cn([C@@H]2O[C@H](OCP(=O)([O-])[O-])C=C2F)c(=O)[nH]c1=O. The van der Waals surface area contributed by atoms with E-state index in [2.05, 4.69) is 4.74 Å². The van der Waals surface area contributed by atoms with Crippen molar-refractivity contribution in [3.8, 4) is 0 Å². The Labute approximate surface area is 116 Å². The van der Waals surface area contributed by atoms with Gasteiger partial charge in [0.2, 0.25) is 0 Å². The van der Waals surface area contributed by atoms with Gasteiger partial charge in [-0.25, -0.2) is 9.18 Å². The van der Waals surface area contributed by atoms with Crippen molar-refractivity contribution in [2.45, 2.75) is 19.4 Å². The zero-order valence-corrected chi connectivity index (χ0v) is 11.5. The lowest BCUT2D eigenvalue weighted by molar-refractivity contribution is -0.320. The number of hydrogen-bond donors (Lipinski definition) is 1. The van der Waals surface area contributed by atoms with E-state index in [4.69, 9.17) is 4.74 Å². The quantitative estimate of drug-likeness (QED) is 0.662. The molecule has 0 aliphatic carbocycles. The van der Waals surface area contributed by atoms with Crippen molar-refractivity contribution < 1.29 is 28.2 Å². The van der Waals surface area contributed by atoms with Gasteiger partial charge < -0.3 is 23.8 Å². The molecule has 21 heavy (non-hydrogen) atoms. The molecule has 11 heteroatoms. The summed E-state index contributed by atoms with van der Waals surface area (Å²) >= 11 is 0. The van der Waals surface area contributed by atoms with Crippen LogP contribution in [0.15, 0.2) is 27.7 Å². The van der Waals surface area contributed by atoms with Crippen molar-refractivity contribution in [3.05, 3.63) is 44.5 Å². The Kier molecular flexibility index (Phi) is 4.26.